The van der Waals surface area contributed by atoms with E-state index in [4.69, 9.17) is 4.74 Å². The van der Waals surface area contributed by atoms with E-state index in [2.05, 4.69) is 30.4 Å². The molecule has 1 aromatic carbocycles. The average Bonchev–Trinajstić information content (AvgIpc) is 2.92. The van der Waals surface area contributed by atoms with Crippen molar-refractivity contribution in [1.29, 1.82) is 0 Å². The van der Waals surface area contributed by atoms with Crippen molar-refractivity contribution >= 4 is 11.3 Å². The van der Waals surface area contributed by atoms with Gasteiger partial charge in [0.1, 0.15) is 0 Å². The molecule has 108 valence electrons. The highest BCUT2D eigenvalue weighted by atomic mass is 32.1. The van der Waals surface area contributed by atoms with E-state index in [-0.39, 0.29) is 0 Å². The third kappa shape index (κ3) is 5.43. The minimum atomic E-state index is -0.472. The topological polar surface area (TPSA) is 41.5 Å². The van der Waals surface area contributed by atoms with Gasteiger partial charge >= 0.3 is 0 Å². The smallest absolute Gasteiger partial charge is 0.0897 e. The summed E-state index contributed by atoms with van der Waals surface area (Å²) in [7, 11) is 0. The van der Waals surface area contributed by atoms with E-state index < -0.39 is 6.10 Å². The number of benzene rings is 1. The van der Waals surface area contributed by atoms with Crippen molar-refractivity contribution in [1.82, 2.24) is 5.32 Å². The van der Waals surface area contributed by atoms with E-state index >= 15 is 0 Å². The first-order valence-electron chi connectivity index (χ1n) is 6.78. The van der Waals surface area contributed by atoms with Gasteiger partial charge < -0.3 is 15.2 Å². The Kier molecular flexibility index (Phi) is 6.21. The number of aliphatic hydroxyl groups is 1. The lowest BCUT2D eigenvalue weighted by Crippen LogP contribution is -2.30. The zero-order chi connectivity index (χ0) is 14.2. The van der Waals surface area contributed by atoms with Gasteiger partial charge in [-0.05, 0) is 23.9 Å². The first-order chi connectivity index (χ1) is 9.74. The number of rotatable bonds is 8. The summed E-state index contributed by atoms with van der Waals surface area (Å²) in [4.78, 5) is 1.19. The Hall–Kier alpha value is -1.20. The van der Waals surface area contributed by atoms with Gasteiger partial charge in [-0.25, -0.2) is 0 Å². The molecule has 2 aromatic rings. The van der Waals surface area contributed by atoms with Crippen LogP contribution in [0, 0.1) is 6.92 Å². The maximum absolute atomic E-state index is 9.83. The summed E-state index contributed by atoms with van der Waals surface area (Å²) in [6.07, 6.45) is -0.472. The van der Waals surface area contributed by atoms with Crippen molar-refractivity contribution in [2.75, 3.05) is 13.2 Å². The second kappa shape index (κ2) is 8.17. The number of thiophene rings is 1. The van der Waals surface area contributed by atoms with E-state index in [1.54, 1.807) is 11.3 Å². The zero-order valence-corrected chi connectivity index (χ0v) is 12.5. The maximum Gasteiger partial charge on any atom is 0.0897 e. The number of aryl methyl sites for hydroxylation is 1. The van der Waals surface area contributed by atoms with Crippen molar-refractivity contribution in [2.24, 2.45) is 0 Å². The number of ether oxygens (including phenoxy) is 1. The molecule has 2 N–H and O–H groups in total. The standard InChI is InChI=1S/C16H21NO2S/c1-13-4-2-5-14(8-13)9-17-10-15(18)11-19-12-16-6-3-7-20-16/h2-8,15,17-18H,9-12H2,1H3. The molecule has 0 amide bonds. The molecule has 3 nitrogen and oxygen atoms in total. The van der Waals surface area contributed by atoms with Gasteiger partial charge in [-0.1, -0.05) is 35.9 Å². The normalized spacial score (nSPS) is 12.5. The van der Waals surface area contributed by atoms with Crippen LogP contribution in [0.25, 0.3) is 0 Å². The lowest BCUT2D eigenvalue weighted by molar-refractivity contribution is 0.0297. The lowest BCUT2D eigenvalue weighted by atomic mass is 10.1. The minimum Gasteiger partial charge on any atom is -0.389 e. The van der Waals surface area contributed by atoms with E-state index in [1.165, 1.54) is 16.0 Å². The first kappa shape index (κ1) is 15.2. The van der Waals surface area contributed by atoms with Crippen LogP contribution in [0.3, 0.4) is 0 Å². The van der Waals surface area contributed by atoms with Crippen molar-refractivity contribution in [2.45, 2.75) is 26.2 Å². The van der Waals surface area contributed by atoms with Gasteiger partial charge in [0.25, 0.3) is 0 Å². The molecule has 2 rings (SSSR count). The van der Waals surface area contributed by atoms with E-state index in [1.807, 2.05) is 23.6 Å². The second-order valence-corrected chi connectivity index (χ2v) is 5.90. The van der Waals surface area contributed by atoms with Gasteiger partial charge in [-0.2, -0.15) is 0 Å². The van der Waals surface area contributed by atoms with Crippen LogP contribution in [0.15, 0.2) is 41.8 Å². The van der Waals surface area contributed by atoms with Crippen molar-refractivity contribution in [3.8, 4) is 0 Å². The van der Waals surface area contributed by atoms with Gasteiger partial charge in [0.15, 0.2) is 0 Å². The quantitative estimate of drug-likeness (QED) is 0.786. The highest BCUT2D eigenvalue weighted by Gasteiger charge is 2.04. The summed E-state index contributed by atoms with van der Waals surface area (Å²) in [5.74, 6) is 0. The molecule has 0 aliphatic rings. The fraction of sp³-hybridized carbons (Fsp3) is 0.375. The van der Waals surface area contributed by atoms with Crippen LogP contribution in [-0.2, 0) is 17.9 Å². The Labute approximate surface area is 124 Å². The predicted octanol–water partition coefficient (Wildman–Crippen LogP) is 2.72. The van der Waals surface area contributed by atoms with Crippen molar-refractivity contribution in [3.05, 3.63) is 57.8 Å². The largest absolute Gasteiger partial charge is 0.389 e. The van der Waals surface area contributed by atoms with Crippen LogP contribution in [-0.4, -0.2) is 24.4 Å². The van der Waals surface area contributed by atoms with Gasteiger partial charge in [-0.3, -0.25) is 0 Å². The van der Waals surface area contributed by atoms with Gasteiger partial charge in [0, 0.05) is 18.0 Å². The Morgan fingerprint density at radius 2 is 2.20 bits per heavy atom. The average molecular weight is 291 g/mol. The van der Waals surface area contributed by atoms with Gasteiger partial charge in [0.2, 0.25) is 0 Å². The summed E-state index contributed by atoms with van der Waals surface area (Å²) in [5.41, 5.74) is 2.49. The van der Waals surface area contributed by atoms with Crippen molar-refractivity contribution < 1.29 is 9.84 Å². The molecule has 1 unspecified atom stereocenters. The zero-order valence-electron chi connectivity index (χ0n) is 11.7. The number of nitrogens with one attached hydrogen (secondary N) is 1. The Balaban J connectivity index is 1.59. The van der Waals surface area contributed by atoms with Crippen LogP contribution >= 0.6 is 11.3 Å². The summed E-state index contributed by atoms with van der Waals surface area (Å²) < 4.78 is 5.48. The Morgan fingerprint density at radius 1 is 1.30 bits per heavy atom. The third-order valence-corrected chi connectivity index (χ3v) is 3.78. The third-order valence-electron chi connectivity index (χ3n) is 2.93. The molecule has 0 spiro atoms. The monoisotopic (exact) mass is 291 g/mol. The fourth-order valence-corrected chi connectivity index (χ4v) is 2.59. The van der Waals surface area contributed by atoms with Crippen LogP contribution in [0.5, 0.6) is 0 Å². The fourth-order valence-electron chi connectivity index (χ4n) is 1.95. The summed E-state index contributed by atoms with van der Waals surface area (Å²) in [6.45, 7) is 4.32. The molecule has 20 heavy (non-hydrogen) atoms. The summed E-state index contributed by atoms with van der Waals surface area (Å²) >= 11 is 1.67. The predicted molar refractivity (Wildman–Crippen MR) is 82.9 cm³/mol. The Morgan fingerprint density at radius 3 is 2.95 bits per heavy atom. The first-order valence-corrected chi connectivity index (χ1v) is 7.66. The molecule has 0 aliphatic carbocycles. The number of aliphatic hydroxyl groups excluding tert-OH is 1. The molecule has 0 fully saturated rings. The molecule has 0 bridgehead atoms. The van der Waals surface area contributed by atoms with Crippen LogP contribution in [0.2, 0.25) is 0 Å². The molecular weight excluding hydrogens is 270 g/mol. The Bertz CT molecular complexity index is 499. The summed E-state index contributed by atoms with van der Waals surface area (Å²) in [5, 5.41) is 15.1. The van der Waals surface area contributed by atoms with Gasteiger partial charge in [-0.15, -0.1) is 11.3 Å². The molecular formula is C16H21NO2S. The number of hydrogen-bond donors (Lipinski definition) is 2. The highest BCUT2D eigenvalue weighted by Crippen LogP contribution is 2.09. The van der Waals surface area contributed by atoms with Gasteiger partial charge in [0.05, 0.1) is 19.3 Å². The summed E-state index contributed by atoms with van der Waals surface area (Å²) in [6, 6.07) is 12.4. The van der Waals surface area contributed by atoms with Crippen LogP contribution in [0.4, 0.5) is 0 Å². The maximum atomic E-state index is 9.83. The SMILES string of the molecule is Cc1cccc(CNCC(O)COCc2cccs2)c1. The lowest BCUT2D eigenvalue weighted by Gasteiger charge is -2.12. The molecule has 0 saturated heterocycles. The molecule has 1 heterocycles. The molecule has 0 aliphatic heterocycles. The molecule has 0 radical (unpaired) electrons. The second-order valence-electron chi connectivity index (χ2n) is 4.87. The van der Waals surface area contributed by atoms with Crippen LogP contribution < -0.4 is 5.32 Å². The van der Waals surface area contributed by atoms with Crippen LogP contribution in [0.1, 0.15) is 16.0 Å². The molecule has 0 saturated carbocycles. The van der Waals surface area contributed by atoms with E-state index in [0.717, 1.165) is 6.54 Å². The van der Waals surface area contributed by atoms with E-state index in [9.17, 15) is 5.11 Å². The number of hydrogen-bond acceptors (Lipinski definition) is 4. The minimum absolute atomic E-state index is 0.360. The molecule has 1 atom stereocenters. The van der Waals surface area contributed by atoms with E-state index in [0.29, 0.717) is 19.8 Å². The van der Waals surface area contributed by atoms with Crippen molar-refractivity contribution in [3.63, 3.8) is 0 Å². The molecule has 4 heteroatoms. The molecule has 1 aromatic heterocycles. The highest BCUT2D eigenvalue weighted by molar-refractivity contribution is 7.09.